The number of benzene rings is 2. The molecule has 6 heteroatoms. The maximum Gasteiger partial charge on any atom is 0.289 e. The molecule has 2 unspecified atom stereocenters. The Hall–Kier alpha value is -3.10. The van der Waals surface area contributed by atoms with E-state index in [9.17, 15) is 4.79 Å². The summed E-state index contributed by atoms with van der Waals surface area (Å²) in [6.45, 7) is 3.69. The molecule has 5 nitrogen and oxygen atoms in total. The van der Waals surface area contributed by atoms with Crippen LogP contribution < -0.4 is 0 Å². The second-order valence-corrected chi connectivity index (χ2v) is 9.42. The molecule has 4 rings (SSSR count). The van der Waals surface area contributed by atoms with E-state index in [0.29, 0.717) is 28.2 Å². The van der Waals surface area contributed by atoms with Crippen molar-refractivity contribution in [2.75, 3.05) is 13.1 Å². The molecule has 2 heterocycles. The van der Waals surface area contributed by atoms with Crippen LogP contribution in [0, 0.1) is 30.1 Å². The minimum absolute atomic E-state index is 0.0125. The van der Waals surface area contributed by atoms with Crippen molar-refractivity contribution in [1.29, 1.82) is 5.26 Å². The molecule has 1 saturated heterocycles. The molecule has 0 aliphatic carbocycles. The lowest BCUT2D eigenvalue weighted by Gasteiger charge is -2.25. The molecule has 33 heavy (non-hydrogen) atoms. The van der Waals surface area contributed by atoms with E-state index in [1.807, 2.05) is 30.3 Å². The Labute approximate surface area is 200 Å². The van der Waals surface area contributed by atoms with Gasteiger partial charge in [-0.2, -0.15) is 5.26 Å². The first kappa shape index (κ1) is 23.1. The van der Waals surface area contributed by atoms with E-state index in [1.165, 1.54) is 11.1 Å². The molecule has 3 aromatic rings. The second-order valence-electron chi connectivity index (χ2n) is 9.02. The first-order valence-corrected chi connectivity index (χ1v) is 11.8. The molecular weight excluding hydrogens is 432 g/mol. The molecule has 2 atom stereocenters. The summed E-state index contributed by atoms with van der Waals surface area (Å²) < 4.78 is 1.79. The first-order valence-electron chi connectivity index (χ1n) is 11.5. The summed E-state index contributed by atoms with van der Waals surface area (Å²) in [7, 11) is 1.86. The monoisotopic (exact) mass is 460 g/mol. The molecule has 0 radical (unpaired) electrons. The molecule has 1 fully saturated rings. The van der Waals surface area contributed by atoms with Crippen molar-refractivity contribution in [2.45, 2.75) is 32.6 Å². The molecule has 0 saturated carbocycles. The predicted octanol–water partition coefficient (Wildman–Crippen LogP) is 5.21. The van der Waals surface area contributed by atoms with E-state index in [2.05, 4.69) is 42.2 Å². The van der Waals surface area contributed by atoms with Crippen LogP contribution in [-0.4, -0.2) is 33.4 Å². The second kappa shape index (κ2) is 10.2. The fraction of sp³-hybridized carbons (Fsp3) is 0.370. The van der Waals surface area contributed by atoms with E-state index in [1.54, 1.807) is 16.8 Å². The number of likely N-dealkylation sites (tertiary alicyclic amines) is 1. The Kier molecular flexibility index (Phi) is 7.15. The van der Waals surface area contributed by atoms with Crippen molar-refractivity contribution in [2.24, 2.45) is 18.9 Å². The highest BCUT2D eigenvalue weighted by molar-refractivity contribution is 6.31. The molecule has 1 aromatic heterocycles. The van der Waals surface area contributed by atoms with Crippen molar-refractivity contribution >= 4 is 17.5 Å². The predicted molar refractivity (Wildman–Crippen MR) is 130 cm³/mol. The third-order valence-corrected chi connectivity index (χ3v) is 7.20. The molecule has 170 valence electrons. The minimum Gasteiger partial charge on any atom is -0.336 e. The quantitative estimate of drug-likeness (QED) is 0.486. The smallest absolute Gasteiger partial charge is 0.289 e. The number of rotatable bonds is 7. The number of imidazole rings is 1. The Bertz CT molecular complexity index is 1180. The number of carbonyl (C=O) groups excluding carboxylic acids is 1. The van der Waals surface area contributed by atoms with Gasteiger partial charge in [0.25, 0.3) is 5.91 Å². The van der Waals surface area contributed by atoms with Gasteiger partial charge >= 0.3 is 0 Å². The third kappa shape index (κ3) is 5.29. The summed E-state index contributed by atoms with van der Waals surface area (Å²) in [5, 5.41) is 9.66. The number of amides is 1. The van der Waals surface area contributed by atoms with Gasteiger partial charge in [-0.1, -0.05) is 41.9 Å². The lowest BCUT2D eigenvalue weighted by atomic mass is 9.81. The number of hydrogen-bond acceptors (Lipinski definition) is 3. The number of aromatic nitrogens is 2. The van der Waals surface area contributed by atoms with E-state index >= 15 is 0 Å². The van der Waals surface area contributed by atoms with Gasteiger partial charge in [0.05, 0.1) is 10.6 Å². The number of nitrogens with zero attached hydrogens (tertiary/aromatic N) is 4. The highest BCUT2D eigenvalue weighted by Crippen LogP contribution is 2.32. The van der Waals surface area contributed by atoms with Gasteiger partial charge in [-0.3, -0.25) is 4.79 Å². The van der Waals surface area contributed by atoms with Crippen molar-refractivity contribution < 1.29 is 4.79 Å². The van der Waals surface area contributed by atoms with Crippen molar-refractivity contribution in [3.8, 4) is 6.07 Å². The zero-order valence-corrected chi connectivity index (χ0v) is 19.9. The highest BCUT2D eigenvalue weighted by atomic mass is 35.5. The van der Waals surface area contributed by atoms with Crippen LogP contribution >= 0.6 is 11.6 Å². The lowest BCUT2D eigenvalue weighted by molar-refractivity contribution is 0.0766. The maximum atomic E-state index is 13.0. The maximum absolute atomic E-state index is 13.0. The zero-order valence-electron chi connectivity index (χ0n) is 19.2. The number of nitriles is 1. The summed E-state index contributed by atoms with van der Waals surface area (Å²) in [4.78, 5) is 19.2. The molecule has 0 spiro atoms. The summed E-state index contributed by atoms with van der Waals surface area (Å²) in [6, 6.07) is 16.4. The van der Waals surface area contributed by atoms with Crippen LogP contribution in [0.15, 0.2) is 54.9 Å². The van der Waals surface area contributed by atoms with Gasteiger partial charge in [0, 0.05) is 32.5 Å². The van der Waals surface area contributed by atoms with Crippen LogP contribution in [0.2, 0.25) is 5.02 Å². The third-order valence-electron chi connectivity index (χ3n) is 6.89. The normalized spacial score (nSPS) is 16.5. The van der Waals surface area contributed by atoms with E-state index in [4.69, 9.17) is 16.9 Å². The molecule has 2 aromatic carbocycles. The first-order chi connectivity index (χ1) is 16.0. The molecule has 0 bridgehead atoms. The SMILES string of the molecule is Cc1ccccc1CC(CCc1ccc(C#N)c(Cl)c1)C1CCN(C(=O)c2nccn2C)C1. The van der Waals surface area contributed by atoms with Gasteiger partial charge in [-0.15, -0.1) is 0 Å². The molecule has 0 N–H and O–H groups in total. The highest BCUT2D eigenvalue weighted by Gasteiger charge is 2.33. The molecule has 1 amide bonds. The van der Waals surface area contributed by atoms with Gasteiger partial charge in [-0.05, 0) is 73.3 Å². The van der Waals surface area contributed by atoms with Crippen LogP contribution in [0.5, 0.6) is 0 Å². The van der Waals surface area contributed by atoms with Gasteiger partial charge in [-0.25, -0.2) is 4.98 Å². The Morgan fingerprint density at radius 1 is 1.30 bits per heavy atom. The standard InChI is InChI=1S/C27H29ClN4O/c1-19-5-3-4-6-21(19)16-22(9-7-20-8-10-23(17-29)25(28)15-20)24-11-13-32(18-24)27(33)26-30-12-14-31(26)2/h3-6,8,10,12,14-15,22,24H,7,9,11,13,16,18H2,1-2H3. The largest absolute Gasteiger partial charge is 0.336 e. The van der Waals surface area contributed by atoms with Crippen molar-refractivity contribution in [1.82, 2.24) is 14.5 Å². The topological polar surface area (TPSA) is 61.9 Å². The molecular formula is C27H29ClN4O. The van der Waals surface area contributed by atoms with E-state index in [-0.39, 0.29) is 5.91 Å². The average molecular weight is 461 g/mol. The number of carbonyl (C=O) groups is 1. The van der Waals surface area contributed by atoms with Crippen molar-refractivity contribution in [3.05, 3.63) is 88.0 Å². The summed E-state index contributed by atoms with van der Waals surface area (Å²) in [5.41, 5.74) is 4.33. The number of hydrogen-bond donors (Lipinski definition) is 0. The summed E-state index contributed by atoms with van der Waals surface area (Å²) in [6.07, 6.45) is 7.37. The zero-order chi connectivity index (χ0) is 23.4. The van der Waals surface area contributed by atoms with Crippen molar-refractivity contribution in [3.63, 3.8) is 0 Å². The van der Waals surface area contributed by atoms with E-state index in [0.717, 1.165) is 44.3 Å². The van der Waals surface area contributed by atoms with Gasteiger partial charge in [0.2, 0.25) is 0 Å². The Morgan fingerprint density at radius 2 is 2.12 bits per heavy atom. The van der Waals surface area contributed by atoms with Gasteiger partial charge < -0.3 is 9.47 Å². The number of aryl methyl sites for hydroxylation is 3. The van der Waals surface area contributed by atoms with Gasteiger partial charge in [0.15, 0.2) is 5.82 Å². The fourth-order valence-corrected chi connectivity index (χ4v) is 5.10. The van der Waals surface area contributed by atoms with Crippen LogP contribution in [0.4, 0.5) is 0 Å². The summed E-state index contributed by atoms with van der Waals surface area (Å²) >= 11 is 6.26. The van der Waals surface area contributed by atoms with Gasteiger partial charge in [0.1, 0.15) is 6.07 Å². The van der Waals surface area contributed by atoms with Crippen LogP contribution in [0.1, 0.15) is 45.7 Å². The van der Waals surface area contributed by atoms with Crippen LogP contribution in [0.3, 0.4) is 0 Å². The van der Waals surface area contributed by atoms with Crippen LogP contribution in [-0.2, 0) is 19.9 Å². The number of halogens is 1. The lowest BCUT2D eigenvalue weighted by Crippen LogP contribution is -2.32. The van der Waals surface area contributed by atoms with Crippen LogP contribution in [0.25, 0.3) is 0 Å². The fourth-order valence-electron chi connectivity index (χ4n) is 4.85. The Morgan fingerprint density at radius 3 is 2.82 bits per heavy atom. The molecule has 1 aliphatic rings. The summed E-state index contributed by atoms with van der Waals surface area (Å²) in [5.74, 6) is 1.39. The van der Waals surface area contributed by atoms with E-state index < -0.39 is 0 Å². The Balaban J connectivity index is 1.50. The minimum atomic E-state index is 0.0125. The molecule has 1 aliphatic heterocycles. The average Bonchev–Trinajstić information content (AvgIpc) is 3.47.